The molecule has 2 aliphatic rings. The zero-order valence-corrected chi connectivity index (χ0v) is 23.4. The van der Waals surface area contributed by atoms with Crippen LogP contribution in [0.5, 0.6) is 5.75 Å². The minimum Gasteiger partial charge on any atom is -0.497 e. The lowest BCUT2D eigenvalue weighted by Gasteiger charge is -2.56. The Morgan fingerprint density at radius 1 is 1.00 bits per heavy atom. The van der Waals surface area contributed by atoms with Crippen LogP contribution in [0.1, 0.15) is 80.9 Å². The smallest absolute Gasteiger partial charge is 0.253 e. The highest BCUT2D eigenvalue weighted by atomic mass is 16.5. The molecule has 0 spiro atoms. The summed E-state index contributed by atoms with van der Waals surface area (Å²) in [6, 6.07) is 19.0. The number of fused-ring (bicyclic) bond motifs is 1. The number of rotatable bonds is 9. The van der Waals surface area contributed by atoms with Crippen molar-refractivity contribution in [3.05, 3.63) is 77.9 Å². The average molecular weight is 504 g/mol. The predicted molar refractivity (Wildman–Crippen MR) is 152 cm³/mol. The Hall–Kier alpha value is -2.63. The van der Waals surface area contributed by atoms with Gasteiger partial charge in [0, 0.05) is 49.4 Å². The molecular formula is C32H45N3O2. The van der Waals surface area contributed by atoms with Gasteiger partial charge >= 0.3 is 0 Å². The Morgan fingerprint density at radius 2 is 1.68 bits per heavy atom. The number of ether oxygens (including phenoxy) is 1. The number of likely N-dealkylation sites (tertiary alicyclic amines) is 2. The Kier molecular flexibility index (Phi) is 9.09. The van der Waals surface area contributed by atoms with Crippen molar-refractivity contribution in [1.29, 1.82) is 0 Å². The van der Waals surface area contributed by atoms with Gasteiger partial charge in [-0.15, -0.1) is 6.58 Å². The molecule has 0 saturated carbocycles. The van der Waals surface area contributed by atoms with Crippen LogP contribution in [-0.4, -0.2) is 71.5 Å². The van der Waals surface area contributed by atoms with E-state index in [0.717, 1.165) is 30.9 Å². The van der Waals surface area contributed by atoms with E-state index < -0.39 is 0 Å². The van der Waals surface area contributed by atoms with Crippen molar-refractivity contribution in [2.24, 2.45) is 0 Å². The van der Waals surface area contributed by atoms with Crippen LogP contribution >= 0.6 is 0 Å². The fraction of sp³-hybridized carbons (Fsp3) is 0.531. The molecule has 5 atom stereocenters. The summed E-state index contributed by atoms with van der Waals surface area (Å²) in [6.45, 7) is 15.3. The molecule has 1 amide bonds. The topological polar surface area (TPSA) is 36.0 Å². The van der Waals surface area contributed by atoms with Crippen LogP contribution in [0.2, 0.25) is 0 Å². The standard InChI is InChI=1S/C32H45N3O2/c1-7-21-34-23(4)13-20-30-29(34)19-14-24(5)35(30)31(27-11-10-12-28(22-27)37-6)25-15-17-26(18-16-25)32(36)33(8-2)9-3/h7,10-12,15-18,22-24,29-31H,1,8-9,13-14,19-21H2,2-6H3. The van der Waals surface area contributed by atoms with Crippen molar-refractivity contribution in [2.75, 3.05) is 26.7 Å². The molecule has 2 fully saturated rings. The second-order valence-corrected chi connectivity index (χ2v) is 10.7. The summed E-state index contributed by atoms with van der Waals surface area (Å²) in [5.74, 6) is 0.977. The summed E-state index contributed by atoms with van der Waals surface area (Å²) in [7, 11) is 1.73. The normalized spacial score (nSPS) is 25.2. The van der Waals surface area contributed by atoms with Gasteiger partial charge in [-0.2, -0.15) is 0 Å². The third-order valence-electron chi connectivity index (χ3n) is 8.66. The van der Waals surface area contributed by atoms with E-state index >= 15 is 0 Å². The number of hydrogen-bond acceptors (Lipinski definition) is 4. The molecule has 4 rings (SSSR count). The molecule has 5 nitrogen and oxygen atoms in total. The first kappa shape index (κ1) is 27.4. The maximum atomic E-state index is 13.0. The molecule has 2 aromatic rings. The first-order valence-electron chi connectivity index (χ1n) is 14.1. The van der Waals surface area contributed by atoms with Crippen LogP contribution in [0.25, 0.3) is 0 Å². The van der Waals surface area contributed by atoms with Gasteiger partial charge in [-0.25, -0.2) is 0 Å². The monoisotopic (exact) mass is 503 g/mol. The third-order valence-corrected chi connectivity index (χ3v) is 8.66. The van der Waals surface area contributed by atoms with E-state index in [2.05, 4.69) is 66.6 Å². The Bertz CT molecular complexity index is 1050. The highest BCUT2D eigenvalue weighted by Gasteiger charge is 2.45. The van der Waals surface area contributed by atoms with E-state index in [9.17, 15) is 4.79 Å². The van der Waals surface area contributed by atoms with Crippen LogP contribution in [0, 0.1) is 0 Å². The molecule has 2 heterocycles. The molecule has 0 aliphatic carbocycles. The zero-order chi connectivity index (χ0) is 26.5. The van der Waals surface area contributed by atoms with Gasteiger partial charge in [0.25, 0.3) is 5.91 Å². The number of hydrogen-bond donors (Lipinski definition) is 0. The van der Waals surface area contributed by atoms with Gasteiger partial charge in [-0.3, -0.25) is 14.6 Å². The molecule has 2 aliphatic heterocycles. The molecule has 200 valence electrons. The fourth-order valence-corrected chi connectivity index (χ4v) is 6.67. The SMILES string of the molecule is C=CCN1C(C)CCC2C1CCC(C)N2C(c1ccc(C(=O)N(CC)CC)cc1)c1cccc(OC)c1. The summed E-state index contributed by atoms with van der Waals surface area (Å²) >= 11 is 0. The van der Waals surface area contributed by atoms with Crippen molar-refractivity contribution in [2.45, 2.75) is 83.6 Å². The van der Waals surface area contributed by atoms with Crippen molar-refractivity contribution >= 4 is 5.91 Å². The molecule has 0 bridgehead atoms. The van der Waals surface area contributed by atoms with E-state index in [-0.39, 0.29) is 11.9 Å². The number of benzene rings is 2. The molecule has 37 heavy (non-hydrogen) atoms. The van der Waals surface area contributed by atoms with E-state index in [1.54, 1.807) is 7.11 Å². The number of amides is 1. The van der Waals surface area contributed by atoms with Crippen LogP contribution in [-0.2, 0) is 0 Å². The predicted octanol–water partition coefficient (Wildman–Crippen LogP) is 6.16. The van der Waals surface area contributed by atoms with Gasteiger partial charge in [0.15, 0.2) is 0 Å². The largest absolute Gasteiger partial charge is 0.497 e. The van der Waals surface area contributed by atoms with Crippen LogP contribution in [0.15, 0.2) is 61.2 Å². The van der Waals surface area contributed by atoms with Gasteiger partial charge in [0.2, 0.25) is 0 Å². The number of methoxy groups -OCH3 is 1. The lowest BCUT2D eigenvalue weighted by atomic mass is 9.79. The number of nitrogens with zero attached hydrogens (tertiary/aromatic N) is 3. The quantitative estimate of drug-likeness (QED) is 0.384. The summed E-state index contributed by atoms with van der Waals surface area (Å²) in [5, 5.41) is 0. The summed E-state index contributed by atoms with van der Waals surface area (Å²) in [6.07, 6.45) is 6.85. The Labute approximate surface area is 224 Å². The fourth-order valence-electron chi connectivity index (χ4n) is 6.67. The molecule has 5 unspecified atom stereocenters. The van der Waals surface area contributed by atoms with Crippen LogP contribution < -0.4 is 4.74 Å². The van der Waals surface area contributed by atoms with Gasteiger partial charge < -0.3 is 9.64 Å². The second kappa shape index (κ2) is 12.3. The number of carbonyl (C=O) groups excluding carboxylic acids is 1. The number of carbonyl (C=O) groups is 1. The zero-order valence-electron chi connectivity index (χ0n) is 23.4. The Morgan fingerprint density at radius 3 is 2.32 bits per heavy atom. The highest BCUT2D eigenvalue weighted by molar-refractivity contribution is 5.94. The lowest BCUT2D eigenvalue weighted by molar-refractivity contribution is -0.0499. The first-order valence-corrected chi connectivity index (χ1v) is 14.1. The van der Waals surface area contributed by atoms with Crippen molar-refractivity contribution in [3.63, 3.8) is 0 Å². The van der Waals surface area contributed by atoms with Crippen molar-refractivity contribution in [3.8, 4) is 5.75 Å². The molecule has 5 heteroatoms. The highest BCUT2D eigenvalue weighted by Crippen LogP contribution is 2.43. The summed E-state index contributed by atoms with van der Waals surface area (Å²) < 4.78 is 5.64. The van der Waals surface area contributed by atoms with Crippen molar-refractivity contribution < 1.29 is 9.53 Å². The minimum absolute atomic E-state index is 0.0921. The Balaban J connectivity index is 1.76. The minimum atomic E-state index is 0.0921. The second-order valence-electron chi connectivity index (χ2n) is 10.7. The van der Waals surface area contributed by atoms with E-state index in [4.69, 9.17) is 4.74 Å². The number of piperidine rings is 2. The lowest BCUT2D eigenvalue weighted by Crippen LogP contribution is -2.63. The first-order chi connectivity index (χ1) is 17.9. The van der Waals surface area contributed by atoms with E-state index in [0.29, 0.717) is 24.2 Å². The molecule has 0 radical (unpaired) electrons. The maximum Gasteiger partial charge on any atom is 0.253 e. The van der Waals surface area contributed by atoms with Gasteiger partial charge in [-0.05, 0) is 88.8 Å². The molecule has 0 N–H and O–H groups in total. The summed E-state index contributed by atoms with van der Waals surface area (Å²) in [4.78, 5) is 20.3. The third kappa shape index (κ3) is 5.63. The van der Waals surface area contributed by atoms with Crippen LogP contribution in [0.3, 0.4) is 0 Å². The molecule has 2 saturated heterocycles. The van der Waals surface area contributed by atoms with E-state index in [1.807, 2.05) is 36.9 Å². The van der Waals surface area contributed by atoms with Gasteiger partial charge in [0.1, 0.15) is 5.75 Å². The van der Waals surface area contributed by atoms with E-state index in [1.165, 1.54) is 36.8 Å². The molecular weight excluding hydrogens is 458 g/mol. The van der Waals surface area contributed by atoms with Crippen molar-refractivity contribution in [1.82, 2.24) is 14.7 Å². The van der Waals surface area contributed by atoms with Gasteiger partial charge in [0.05, 0.1) is 13.2 Å². The molecule has 0 aromatic heterocycles. The average Bonchev–Trinajstić information content (AvgIpc) is 2.92. The summed E-state index contributed by atoms with van der Waals surface area (Å²) in [5.41, 5.74) is 3.22. The van der Waals surface area contributed by atoms with Gasteiger partial charge in [-0.1, -0.05) is 30.3 Å². The van der Waals surface area contributed by atoms with Crippen LogP contribution in [0.4, 0.5) is 0 Å². The maximum absolute atomic E-state index is 13.0. The molecule has 2 aromatic carbocycles.